The number of fused-ring (bicyclic) bond motifs is 1. The standard InChI is InChI=1S/C16H22N4/c1-11(2)12-3-4-15-14(9-12)16(19-10-18-15)20-13-5-7-17-8-6-13/h3-4,9-11,13,17H,5-8H2,1-2H3,(H,18,19,20). The minimum Gasteiger partial charge on any atom is -0.367 e. The number of nitrogens with one attached hydrogen (secondary N) is 2. The van der Waals surface area contributed by atoms with E-state index in [2.05, 4.69) is 52.6 Å². The Kier molecular flexibility index (Phi) is 3.83. The van der Waals surface area contributed by atoms with Crippen LogP contribution in [0.4, 0.5) is 5.82 Å². The van der Waals surface area contributed by atoms with Gasteiger partial charge >= 0.3 is 0 Å². The molecule has 1 aromatic carbocycles. The van der Waals surface area contributed by atoms with Gasteiger partial charge in [0.2, 0.25) is 0 Å². The van der Waals surface area contributed by atoms with Gasteiger partial charge in [-0.3, -0.25) is 0 Å². The first-order valence-electron chi connectivity index (χ1n) is 7.46. The number of rotatable bonds is 3. The molecule has 4 heteroatoms. The number of hydrogen-bond acceptors (Lipinski definition) is 4. The molecule has 0 saturated carbocycles. The average Bonchev–Trinajstić information content (AvgIpc) is 2.48. The van der Waals surface area contributed by atoms with Crippen LogP contribution in [0.3, 0.4) is 0 Å². The molecule has 0 aliphatic carbocycles. The Balaban J connectivity index is 1.94. The fourth-order valence-corrected chi connectivity index (χ4v) is 2.71. The highest BCUT2D eigenvalue weighted by Gasteiger charge is 2.15. The molecule has 1 fully saturated rings. The lowest BCUT2D eigenvalue weighted by molar-refractivity contribution is 0.478. The minimum atomic E-state index is 0.511. The van der Waals surface area contributed by atoms with Crippen molar-refractivity contribution in [3.8, 4) is 0 Å². The summed E-state index contributed by atoms with van der Waals surface area (Å²) < 4.78 is 0. The molecule has 2 aromatic rings. The molecule has 1 aliphatic rings. The van der Waals surface area contributed by atoms with E-state index in [-0.39, 0.29) is 0 Å². The van der Waals surface area contributed by atoms with Crippen molar-refractivity contribution in [1.82, 2.24) is 15.3 Å². The zero-order valence-electron chi connectivity index (χ0n) is 12.2. The highest BCUT2D eigenvalue weighted by molar-refractivity contribution is 5.89. The van der Waals surface area contributed by atoms with Crippen LogP contribution in [0.5, 0.6) is 0 Å². The summed E-state index contributed by atoms with van der Waals surface area (Å²) in [6.45, 7) is 6.59. The van der Waals surface area contributed by atoms with Gasteiger partial charge in [-0.05, 0) is 49.5 Å². The van der Waals surface area contributed by atoms with E-state index in [0.29, 0.717) is 12.0 Å². The molecule has 4 nitrogen and oxygen atoms in total. The fraction of sp³-hybridized carbons (Fsp3) is 0.500. The monoisotopic (exact) mass is 270 g/mol. The summed E-state index contributed by atoms with van der Waals surface area (Å²) in [5, 5.41) is 8.12. The van der Waals surface area contributed by atoms with Crippen molar-refractivity contribution < 1.29 is 0 Å². The minimum absolute atomic E-state index is 0.511. The molecule has 1 aliphatic heterocycles. The smallest absolute Gasteiger partial charge is 0.137 e. The van der Waals surface area contributed by atoms with E-state index < -0.39 is 0 Å². The van der Waals surface area contributed by atoms with Gasteiger partial charge in [0, 0.05) is 11.4 Å². The first-order chi connectivity index (χ1) is 9.74. The summed E-state index contributed by atoms with van der Waals surface area (Å²) >= 11 is 0. The van der Waals surface area contributed by atoms with Crippen LogP contribution in [-0.2, 0) is 0 Å². The van der Waals surface area contributed by atoms with Gasteiger partial charge in [-0.1, -0.05) is 19.9 Å². The SMILES string of the molecule is CC(C)c1ccc2ncnc(NC3CCNCC3)c2c1. The van der Waals surface area contributed by atoms with Gasteiger partial charge in [0.1, 0.15) is 12.1 Å². The van der Waals surface area contributed by atoms with Crippen LogP contribution < -0.4 is 10.6 Å². The molecule has 0 bridgehead atoms. The Morgan fingerprint density at radius 1 is 1.20 bits per heavy atom. The van der Waals surface area contributed by atoms with Crippen LogP contribution >= 0.6 is 0 Å². The van der Waals surface area contributed by atoms with Gasteiger partial charge in [-0.2, -0.15) is 0 Å². The number of piperidine rings is 1. The quantitative estimate of drug-likeness (QED) is 0.900. The molecule has 0 atom stereocenters. The first-order valence-corrected chi connectivity index (χ1v) is 7.46. The van der Waals surface area contributed by atoms with Crippen molar-refractivity contribution in [2.45, 2.75) is 38.6 Å². The summed E-state index contributed by atoms with van der Waals surface area (Å²) in [6.07, 6.45) is 3.95. The van der Waals surface area contributed by atoms with Crippen LogP contribution in [0.25, 0.3) is 10.9 Å². The summed E-state index contributed by atoms with van der Waals surface area (Å²) in [5.74, 6) is 1.50. The van der Waals surface area contributed by atoms with Gasteiger partial charge in [0.05, 0.1) is 5.52 Å². The molecule has 1 aromatic heterocycles. The number of hydrogen-bond donors (Lipinski definition) is 2. The Bertz CT molecular complexity index is 588. The molecular formula is C16H22N4. The van der Waals surface area contributed by atoms with E-state index in [1.807, 2.05) is 0 Å². The Hall–Kier alpha value is -1.68. The van der Waals surface area contributed by atoms with Crippen molar-refractivity contribution in [2.24, 2.45) is 0 Å². The van der Waals surface area contributed by atoms with Crippen LogP contribution in [0.15, 0.2) is 24.5 Å². The van der Waals surface area contributed by atoms with Crippen LogP contribution in [0, 0.1) is 0 Å². The Labute approximate surface area is 120 Å². The van der Waals surface area contributed by atoms with E-state index in [1.165, 1.54) is 5.56 Å². The Morgan fingerprint density at radius 3 is 2.75 bits per heavy atom. The van der Waals surface area contributed by atoms with Gasteiger partial charge in [0.15, 0.2) is 0 Å². The molecule has 106 valence electrons. The van der Waals surface area contributed by atoms with Crippen molar-refractivity contribution in [3.05, 3.63) is 30.1 Å². The summed E-state index contributed by atoms with van der Waals surface area (Å²) in [5.41, 5.74) is 2.35. The van der Waals surface area contributed by atoms with Gasteiger partial charge < -0.3 is 10.6 Å². The van der Waals surface area contributed by atoms with Crippen LogP contribution in [0.1, 0.15) is 38.2 Å². The zero-order valence-corrected chi connectivity index (χ0v) is 12.2. The lowest BCUT2D eigenvalue weighted by Gasteiger charge is -2.24. The van der Waals surface area contributed by atoms with Crippen molar-refractivity contribution >= 4 is 16.7 Å². The largest absolute Gasteiger partial charge is 0.367 e. The maximum atomic E-state index is 4.46. The van der Waals surface area contributed by atoms with Gasteiger partial charge in [-0.15, -0.1) is 0 Å². The molecule has 1 saturated heterocycles. The maximum Gasteiger partial charge on any atom is 0.137 e. The van der Waals surface area contributed by atoms with E-state index in [1.54, 1.807) is 6.33 Å². The van der Waals surface area contributed by atoms with Crippen molar-refractivity contribution in [2.75, 3.05) is 18.4 Å². The first kappa shape index (κ1) is 13.3. The molecular weight excluding hydrogens is 248 g/mol. The van der Waals surface area contributed by atoms with Crippen molar-refractivity contribution in [1.29, 1.82) is 0 Å². The van der Waals surface area contributed by atoms with Crippen LogP contribution in [0.2, 0.25) is 0 Å². The Morgan fingerprint density at radius 2 is 2.00 bits per heavy atom. The predicted molar refractivity (Wildman–Crippen MR) is 83.1 cm³/mol. The second kappa shape index (κ2) is 5.75. The summed E-state index contributed by atoms with van der Waals surface area (Å²) in [7, 11) is 0. The second-order valence-corrected chi connectivity index (χ2v) is 5.82. The predicted octanol–water partition coefficient (Wildman–Crippen LogP) is 2.92. The van der Waals surface area contributed by atoms with E-state index in [0.717, 1.165) is 42.7 Å². The number of aromatic nitrogens is 2. The second-order valence-electron chi connectivity index (χ2n) is 5.82. The summed E-state index contributed by atoms with van der Waals surface area (Å²) in [6, 6.07) is 6.99. The topological polar surface area (TPSA) is 49.8 Å². The normalized spacial score (nSPS) is 16.8. The lowest BCUT2D eigenvalue weighted by Crippen LogP contribution is -2.35. The van der Waals surface area contributed by atoms with E-state index in [4.69, 9.17) is 0 Å². The molecule has 20 heavy (non-hydrogen) atoms. The third-order valence-electron chi connectivity index (χ3n) is 4.01. The number of anilines is 1. The highest BCUT2D eigenvalue weighted by Crippen LogP contribution is 2.25. The summed E-state index contributed by atoms with van der Waals surface area (Å²) in [4.78, 5) is 8.83. The average molecular weight is 270 g/mol. The van der Waals surface area contributed by atoms with E-state index in [9.17, 15) is 0 Å². The molecule has 0 amide bonds. The molecule has 0 unspecified atom stereocenters. The molecule has 2 N–H and O–H groups in total. The van der Waals surface area contributed by atoms with Crippen molar-refractivity contribution in [3.63, 3.8) is 0 Å². The molecule has 0 spiro atoms. The van der Waals surface area contributed by atoms with E-state index >= 15 is 0 Å². The number of benzene rings is 1. The molecule has 2 heterocycles. The van der Waals surface area contributed by atoms with Gasteiger partial charge in [-0.25, -0.2) is 9.97 Å². The third kappa shape index (κ3) is 2.75. The van der Waals surface area contributed by atoms with Crippen LogP contribution in [-0.4, -0.2) is 29.1 Å². The lowest BCUT2D eigenvalue weighted by atomic mass is 10.0. The molecule has 0 radical (unpaired) electrons. The zero-order chi connectivity index (χ0) is 13.9. The highest BCUT2D eigenvalue weighted by atomic mass is 15.1. The third-order valence-corrected chi connectivity index (χ3v) is 4.01. The number of nitrogens with zero attached hydrogens (tertiary/aromatic N) is 2. The maximum absolute atomic E-state index is 4.46. The van der Waals surface area contributed by atoms with Gasteiger partial charge in [0.25, 0.3) is 0 Å². The molecule has 3 rings (SSSR count). The fourth-order valence-electron chi connectivity index (χ4n) is 2.71.